The van der Waals surface area contributed by atoms with Gasteiger partial charge in [-0.25, -0.2) is 9.97 Å². The number of hydrogen-bond acceptors (Lipinski definition) is 3. The van der Waals surface area contributed by atoms with Gasteiger partial charge in [-0.05, 0) is 76.3 Å². The Morgan fingerprint density at radius 3 is 2.02 bits per heavy atom. The summed E-state index contributed by atoms with van der Waals surface area (Å²) >= 11 is 0. The van der Waals surface area contributed by atoms with E-state index in [0.717, 1.165) is 55.6 Å². The predicted octanol–water partition coefficient (Wildman–Crippen LogP) is 11.5. The van der Waals surface area contributed by atoms with Gasteiger partial charge in [-0.1, -0.05) is 99.6 Å². The molecule has 10 rings (SSSR count). The molecule has 5 nitrogen and oxygen atoms in total. The van der Waals surface area contributed by atoms with Crippen LogP contribution in [-0.2, 0) is 5.41 Å². The summed E-state index contributed by atoms with van der Waals surface area (Å²) < 4.78 is 11.1. The van der Waals surface area contributed by atoms with Crippen LogP contribution in [0.2, 0.25) is 0 Å². The van der Waals surface area contributed by atoms with Crippen molar-refractivity contribution in [3.8, 4) is 23.0 Å². The SMILES string of the molecule is CC(C)(C)c1ccnc(-n2c3ccccc3c3ccc(-n4c5ccccc5c5c6ccccc6c(-c6nc7ccccc7o6)cc54)cc32)c1. The average molecular weight is 633 g/mol. The fourth-order valence-electron chi connectivity index (χ4n) is 7.62. The molecular weight excluding hydrogens is 601 g/mol. The van der Waals surface area contributed by atoms with Crippen molar-refractivity contribution < 1.29 is 4.42 Å². The van der Waals surface area contributed by atoms with Gasteiger partial charge in [-0.15, -0.1) is 0 Å². The van der Waals surface area contributed by atoms with Gasteiger partial charge in [0.2, 0.25) is 5.89 Å². The van der Waals surface area contributed by atoms with Crippen LogP contribution in [0.15, 0.2) is 144 Å². The monoisotopic (exact) mass is 632 g/mol. The summed E-state index contributed by atoms with van der Waals surface area (Å²) in [4.78, 5) is 9.87. The number of rotatable bonds is 3. The van der Waals surface area contributed by atoms with Gasteiger partial charge in [0.1, 0.15) is 11.3 Å². The highest BCUT2D eigenvalue weighted by atomic mass is 16.3. The maximum atomic E-state index is 6.39. The number of aromatic nitrogens is 4. The van der Waals surface area contributed by atoms with Crippen LogP contribution in [0.3, 0.4) is 0 Å². The van der Waals surface area contributed by atoms with Gasteiger partial charge in [0.05, 0.1) is 22.1 Å². The van der Waals surface area contributed by atoms with Crippen molar-refractivity contribution in [3.05, 3.63) is 145 Å². The number of hydrogen-bond donors (Lipinski definition) is 0. The molecule has 0 amide bonds. The second kappa shape index (κ2) is 10.1. The Kier molecular flexibility index (Phi) is 5.77. The summed E-state index contributed by atoms with van der Waals surface area (Å²) in [6, 6.07) is 47.4. The van der Waals surface area contributed by atoms with E-state index >= 15 is 0 Å². The Bertz CT molecular complexity index is 2900. The Hall–Kier alpha value is -6.20. The van der Waals surface area contributed by atoms with E-state index in [1.807, 2.05) is 30.5 Å². The smallest absolute Gasteiger partial charge is 0.228 e. The summed E-state index contributed by atoms with van der Waals surface area (Å²) in [7, 11) is 0. The summed E-state index contributed by atoms with van der Waals surface area (Å²) in [5.41, 5.74) is 9.44. The van der Waals surface area contributed by atoms with Crippen molar-refractivity contribution in [1.29, 1.82) is 0 Å². The third-order valence-electron chi connectivity index (χ3n) is 9.96. The van der Waals surface area contributed by atoms with Crippen LogP contribution >= 0.6 is 0 Å². The van der Waals surface area contributed by atoms with Crippen LogP contribution in [-0.4, -0.2) is 19.1 Å². The van der Waals surface area contributed by atoms with Gasteiger partial charge in [-0.2, -0.15) is 0 Å². The van der Waals surface area contributed by atoms with Crippen LogP contribution in [0.4, 0.5) is 0 Å². The van der Waals surface area contributed by atoms with Crippen LogP contribution in [0, 0.1) is 0 Å². The lowest BCUT2D eigenvalue weighted by atomic mass is 9.88. The molecule has 0 aliphatic rings. The maximum absolute atomic E-state index is 6.39. The molecule has 4 heterocycles. The fraction of sp³-hybridized carbons (Fsp3) is 0.0909. The van der Waals surface area contributed by atoms with Crippen LogP contribution < -0.4 is 0 Å². The number of nitrogens with zero attached hydrogens (tertiary/aromatic N) is 4. The molecule has 0 saturated carbocycles. The van der Waals surface area contributed by atoms with Crippen molar-refractivity contribution in [2.45, 2.75) is 26.2 Å². The third-order valence-corrected chi connectivity index (χ3v) is 9.96. The summed E-state index contributed by atoms with van der Waals surface area (Å²) in [5, 5.41) is 7.11. The predicted molar refractivity (Wildman–Crippen MR) is 202 cm³/mol. The first kappa shape index (κ1) is 27.9. The van der Waals surface area contributed by atoms with E-state index in [1.165, 1.54) is 32.5 Å². The minimum Gasteiger partial charge on any atom is -0.436 e. The van der Waals surface area contributed by atoms with E-state index in [0.29, 0.717) is 5.89 Å². The number of fused-ring (bicyclic) bond motifs is 9. The molecule has 5 heteroatoms. The van der Waals surface area contributed by atoms with Gasteiger partial charge in [-0.3, -0.25) is 4.57 Å². The Morgan fingerprint density at radius 2 is 1.22 bits per heavy atom. The highest BCUT2D eigenvalue weighted by Crippen LogP contribution is 2.42. The zero-order chi connectivity index (χ0) is 32.9. The fourth-order valence-corrected chi connectivity index (χ4v) is 7.62. The Labute approximate surface area is 282 Å². The lowest BCUT2D eigenvalue weighted by molar-refractivity contribution is 0.588. The Morgan fingerprint density at radius 1 is 0.551 bits per heavy atom. The average Bonchev–Trinajstić information content (AvgIpc) is 3.81. The van der Waals surface area contributed by atoms with Gasteiger partial charge < -0.3 is 8.98 Å². The molecule has 0 atom stereocenters. The largest absolute Gasteiger partial charge is 0.436 e. The molecule has 10 aromatic rings. The molecular formula is C44H32N4O. The molecule has 0 radical (unpaired) electrons. The highest BCUT2D eigenvalue weighted by molar-refractivity contribution is 6.24. The number of benzene rings is 6. The molecule has 0 saturated heterocycles. The van der Waals surface area contributed by atoms with Crippen molar-refractivity contribution in [2.75, 3.05) is 0 Å². The summed E-state index contributed by atoms with van der Waals surface area (Å²) in [6.45, 7) is 6.74. The molecule has 4 aromatic heterocycles. The zero-order valence-electron chi connectivity index (χ0n) is 27.5. The van der Waals surface area contributed by atoms with Gasteiger partial charge in [0.15, 0.2) is 5.58 Å². The van der Waals surface area contributed by atoms with E-state index in [2.05, 4.69) is 139 Å². The van der Waals surface area contributed by atoms with Crippen LogP contribution in [0.1, 0.15) is 26.3 Å². The van der Waals surface area contributed by atoms with E-state index < -0.39 is 0 Å². The Balaban J connectivity index is 1.30. The first-order valence-electron chi connectivity index (χ1n) is 16.8. The number of oxazole rings is 1. The molecule has 6 aromatic carbocycles. The van der Waals surface area contributed by atoms with Gasteiger partial charge in [0.25, 0.3) is 0 Å². The highest BCUT2D eigenvalue weighted by Gasteiger charge is 2.22. The van der Waals surface area contributed by atoms with E-state index in [-0.39, 0.29) is 5.41 Å². The van der Waals surface area contributed by atoms with Crippen LogP contribution in [0.5, 0.6) is 0 Å². The van der Waals surface area contributed by atoms with Gasteiger partial charge >= 0.3 is 0 Å². The molecule has 234 valence electrons. The maximum Gasteiger partial charge on any atom is 0.228 e. The summed E-state index contributed by atoms with van der Waals surface area (Å²) in [6.07, 6.45) is 1.94. The second-order valence-corrected chi connectivity index (χ2v) is 13.9. The van der Waals surface area contributed by atoms with Crippen LogP contribution in [0.25, 0.3) is 88.4 Å². The van der Waals surface area contributed by atoms with Gasteiger partial charge in [0, 0.05) is 39.0 Å². The molecule has 49 heavy (non-hydrogen) atoms. The molecule has 0 spiro atoms. The first-order chi connectivity index (χ1) is 23.9. The minimum atomic E-state index is -0.000237. The number of para-hydroxylation sites is 4. The van der Waals surface area contributed by atoms with Crippen molar-refractivity contribution in [1.82, 2.24) is 19.1 Å². The molecule has 0 aliphatic carbocycles. The van der Waals surface area contributed by atoms with Crippen molar-refractivity contribution >= 4 is 65.5 Å². The first-order valence-corrected chi connectivity index (χ1v) is 16.8. The van der Waals surface area contributed by atoms with E-state index in [9.17, 15) is 0 Å². The third kappa shape index (κ3) is 4.12. The molecule has 0 aliphatic heterocycles. The number of pyridine rings is 1. The second-order valence-electron chi connectivity index (χ2n) is 13.9. The topological polar surface area (TPSA) is 48.8 Å². The molecule has 0 fully saturated rings. The quantitative estimate of drug-likeness (QED) is 0.195. The molecule has 0 bridgehead atoms. The standard InChI is InChI=1S/C44H32N4O/c1-44(2,3)27-22-23-45-41(24-27)48-36-17-9-6-13-30(36)31-21-20-28(25-38(31)48)47-37-18-10-7-15-33(37)42-32-14-5-4-12-29(32)34(26-39(42)47)43-46-35-16-8-11-19-40(35)49-43/h4-26H,1-3H3. The lowest BCUT2D eigenvalue weighted by Gasteiger charge is -2.20. The van der Waals surface area contributed by atoms with E-state index in [4.69, 9.17) is 14.4 Å². The lowest BCUT2D eigenvalue weighted by Crippen LogP contribution is -2.12. The molecule has 0 N–H and O–H groups in total. The zero-order valence-corrected chi connectivity index (χ0v) is 27.5. The van der Waals surface area contributed by atoms with Crippen molar-refractivity contribution in [2.24, 2.45) is 0 Å². The van der Waals surface area contributed by atoms with E-state index in [1.54, 1.807) is 0 Å². The minimum absolute atomic E-state index is 0.000237. The van der Waals surface area contributed by atoms with Crippen molar-refractivity contribution in [3.63, 3.8) is 0 Å². The molecule has 0 unspecified atom stereocenters. The summed E-state index contributed by atoms with van der Waals surface area (Å²) in [5.74, 6) is 1.54. The normalized spacial score (nSPS) is 12.4.